The lowest BCUT2D eigenvalue weighted by atomic mass is 9.83. The van der Waals surface area contributed by atoms with Crippen LogP contribution >= 0.6 is 0 Å². The Bertz CT molecular complexity index is 1360. The number of nitrogens with two attached hydrogens (primary N) is 1. The van der Waals surface area contributed by atoms with Gasteiger partial charge in [0.05, 0.1) is 23.5 Å². The van der Waals surface area contributed by atoms with Gasteiger partial charge in [-0.3, -0.25) is 14.9 Å². The van der Waals surface area contributed by atoms with E-state index in [0.717, 1.165) is 5.56 Å². The molecule has 0 saturated heterocycles. The molecule has 174 valence electrons. The summed E-state index contributed by atoms with van der Waals surface area (Å²) in [6.07, 6.45) is 0.616. The molecule has 0 bridgehead atoms. The number of hydrogen-bond acceptors (Lipinski definition) is 7. The Morgan fingerprint density at radius 1 is 1.18 bits per heavy atom. The van der Waals surface area contributed by atoms with Gasteiger partial charge in [-0.2, -0.15) is 0 Å². The quantitative estimate of drug-likeness (QED) is 0.339. The van der Waals surface area contributed by atoms with Gasteiger partial charge in [0, 0.05) is 30.4 Å². The minimum atomic E-state index is -0.993. The molecule has 2 heterocycles. The van der Waals surface area contributed by atoms with Gasteiger partial charge >= 0.3 is 5.97 Å². The van der Waals surface area contributed by atoms with Crippen LogP contribution in [0, 0.1) is 17.0 Å². The fourth-order valence-corrected chi connectivity index (χ4v) is 4.21. The second-order valence-corrected chi connectivity index (χ2v) is 7.91. The largest absolute Gasteiger partial charge is 0.465 e. The lowest BCUT2D eigenvalue weighted by molar-refractivity contribution is -0.384. The minimum Gasteiger partial charge on any atom is -0.465 e. The number of methoxy groups -OCH3 is 1. The number of fused-ring (bicyclic) bond motifs is 1. The van der Waals surface area contributed by atoms with Gasteiger partial charge in [-0.1, -0.05) is 42.5 Å². The molecule has 9 nitrogen and oxygen atoms in total. The van der Waals surface area contributed by atoms with Crippen LogP contribution in [0.1, 0.15) is 28.3 Å². The molecule has 9 heteroatoms. The fraction of sp³-hybridized carbons (Fsp3) is 0.200. The van der Waals surface area contributed by atoms with E-state index in [4.69, 9.17) is 15.2 Å². The van der Waals surface area contributed by atoms with Crippen LogP contribution in [-0.2, 0) is 22.5 Å². The lowest BCUT2D eigenvalue weighted by Gasteiger charge is -2.29. The van der Waals surface area contributed by atoms with Crippen LogP contribution in [0.2, 0.25) is 0 Å². The first-order valence-corrected chi connectivity index (χ1v) is 10.6. The number of nitro groups is 1. The molecule has 1 atom stereocenters. The van der Waals surface area contributed by atoms with Crippen molar-refractivity contribution in [2.45, 2.75) is 25.8 Å². The van der Waals surface area contributed by atoms with Crippen LogP contribution in [0.25, 0.3) is 0 Å². The first kappa shape index (κ1) is 22.8. The van der Waals surface area contributed by atoms with Gasteiger partial charge in [0.1, 0.15) is 11.3 Å². The highest BCUT2D eigenvalue weighted by molar-refractivity contribution is 5.92. The molecule has 0 radical (unpaired) electrons. The summed E-state index contributed by atoms with van der Waals surface area (Å²) < 4.78 is 12.2. The van der Waals surface area contributed by atoms with E-state index in [0.29, 0.717) is 24.2 Å². The molecule has 3 aromatic rings. The second kappa shape index (κ2) is 9.22. The van der Waals surface area contributed by atoms with Crippen LogP contribution in [0.15, 0.2) is 76.9 Å². The first-order valence-electron chi connectivity index (χ1n) is 10.6. The van der Waals surface area contributed by atoms with Crippen molar-refractivity contribution in [3.8, 4) is 5.75 Å². The summed E-state index contributed by atoms with van der Waals surface area (Å²) >= 11 is 0. The number of rotatable bonds is 6. The first-order chi connectivity index (χ1) is 16.3. The van der Waals surface area contributed by atoms with E-state index in [1.54, 1.807) is 23.6 Å². The van der Waals surface area contributed by atoms with Crippen LogP contribution < -0.4 is 16.0 Å². The van der Waals surface area contributed by atoms with Crippen molar-refractivity contribution in [1.82, 2.24) is 4.57 Å². The summed E-state index contributed by atoms with van der Waals surface area (Å²) in [6.45, 7) is 2.19. The molecule has 34 heavy (non-hydrogen) atoms. The number of aryl methyl sites for hydroxylation is 2. The third-order valence-electron chi connectivity index (χ3n) is 5.86. The number of esters is 1. The molecule has 4 rings (SSSR count). The number of hydrogen-bond donors (Lipinski definition) is 1. The summed E-state index contributed by atoms with van der Waals surface area (Å²) in [5, 5.41) is 11.4. The van der Waals surface area contributed by atoms with E-state index >= 15 is 0 Å². The van der Waals surface area contributed by atoms with Crippen molar-refractivity contribution in [1.29, 1.82) is 0 Å². The maximum atomic E-state index is 13.8. The molecular weight excluding hydrogens is 438 g/mol. The number of carbonyl (C=O) groups is 1. The number of pyridine rings is 1. The predicted octanol–water partition coefficient (Wildman–Crippen LogP) is 3.18. The smallest absolute Gasteiger partial charge is 0.340 e. The molecule has 0 amide bonds. The zero-order valence-corrected chi connectivity index (χ0v) is 18.7. The number of ether oxygens (including phenoxy) is 2. The van der Waals surface area contributed by atoms with Gasteiger partial charge in [0.15, 0.2) is 0 Å². The summed E-state index contributed by atoms with van der Waals surface area (Å²) in [5.74, 6) is -1.78. The highest BCUT2D eigenvalue weighted by Gasteiger charge is 2.38. The molecule has 0 spiro atoms. The number of carbonyl (C=O) groups excluding carboxylic acids is 1. The molecule has 0 saturated carbocycles. The van der Waals surface area contributed by atoms with Crippen molar-refractivity contribution in [3.05, 3.63) is 115 Å². The molecule has 1 aliphatic rings. The van der Waals surface area contributed by atoms with E-state index in [1.807, 2.05) is 30.3 Å². The van der Waals surface area contributed by atoms with Crippen LogP contribution in [0.4, 0.5) is 5.69 Å². The average molecular weight is 461 g/mol. The van der Waals surface area contributed by atoms with Gasteiger partial charge in [-0.05, 0) is 24.5 Å². The normalized spacial score (nSPS) is 14.8. The molecule has 2 aromatic carbocycles. The van der Waals surface area contributed by atoms with Crippen molar-refractivity contribution in [3.63, 3.8) is 0 Å². The molecule has 2 N–H and O–H groups in total. The molecule has 0 fully saturated rings. The Hall–Kier alpha value is -4.40. The standard InChI is InChI=1S/C25H23N3O6/c1-15-13-19-21(24(29)27(15)12-11-16-7-4-3-5-8-16)20(22(23(26)34-19)25(30)33-2)17-9-6-10-18(14-17)28(31)32/h3-10,13-14,20H,11-12,26H2,1-2H3/t20-/m1/s1. The summed E-state index contributed by atoms with van der Waals surface area (Å²) in [6, 6.07) is 17.2. The summed E-state index contributed by atoms with van der Waals surface area (Å²) in [7, 11) is 1.19. The SMILES string of the molecule is COC(=O)C1=C(N)Oc2cc(C)n(CCc3ccccc3)c(=O)c2[C@H]1c1cccc([N+](=O)[O-])c1. The van der Waals surface area contributed by atoms with Crippen molar-refractivity contribution < 1.29 is 19.2 Å². The van der Waals surface area contributed by atoms with E-state index in [1.165, 1.54) is 25.3 Å². The highest BCUT2D eigenvalue weighted by atomic mass is 16.6. The van der Waals surface area contributed by atoms with Crippen LogP contribution in [-0.4, -0.2) is 22.6 Å². The van der Waals surface area contributed by atoms with E-state index in [2.05, 4.69) is 0 Å². The Kier molecular flexibility index (Phi) is 6.18. The third-order valence-corrected chi connectivity index (χ3v) is 5.86. The summed E-state index contributed by atoms with van der Waals surface area (Å²) in [5.41, 5.74) is 7.72. The third kappa shape index (κ3) is 4.15. The zero-order chi connectivity index (χ0) is 24.4. The monoisotopic (exact) mass is 461 g/mol. The lowest BCUT2D eigenvalue weighted by Crippen LogP contribution is -2.35. The maximum Gasteiger partial charge on any atom is 0.340 e. The highest BCUT2D eigenvalue weighted by Crippen LogP contribution is 2.42. The number of non-ortho nitro benzene ring substituents is 1. The predicted molar refractivity (Wildman–Crippen MR) is 124 cm³/mol. The number of nitrogens with zero attached hydrogens (tertiary/aromatic N) is 2. The van der Waals surface area contributed by atoms with Gasteiger partial charge < -0.3 is 19.8 Å². The van der Waals surface area contributed by atoms with Gasteiger partial charge in [0.2, 0.25) is 5.88 Å². The Labute approximate surface area is 195 Å². The van der Waals surface area contributed by atoms with E-state index in [-0.39, 0.29) is 34.0 Å². The topological polar surface area (TPSA) is 127 Å². The second-order valence-electron chi connectivity index (χ2n) is 7.91. The average Bonchev–Trinajstić information content (AvgIpc) is 2.83. The Morgan fingerprint density at radius 2 is 1.91 bits per heavy atom. The van der Waals surface area contributed by atoms with Gasteiger partial charge in [-0.15, -0.1) is 0 Å². The molecular formula is C25H23N3O6. The zero-order valence-electron chi connectivity index (χ0n) is 18.7. The fourth-order valence-electron chi connectivity index (χ4n) is 4.21. The minimum absolute atomic E-state index is 0.0777. The molecule has 0 unspecified atom stereocenters. The van der Waals surface area contributed by atoms with Crippen molar-refractivity contribution in [2.24, 2.45) is 5.73 Å². The van der Waals surface area contributed by atoms with Gasteiger partial charge in [0.25, 0.3) is 11.2 Å². The molecule has 1 aliphatic heterocycles. The van der Waals surface area contributed by atoms with Crippen LogP contribution in [0.5, 0.6) is 5.75 Å². The van der Waals surface area contributed by atoms with Crippen molar-refractivity contribution in [2.75, 3.05) is 7.11 Å². The van der Waals surface area contributed by atoms with E-state index < -0.39 is 16.8 Å². The maximum absolute atomic E-state index is 13.8. The van der Waals surface area contributed by atoms with Crippen molar-refractivity contribution >= 4 is 11.7 Å². The Balaban J connectivity index is 1.89. The number of aromatic nitrogens is 1. The van der Waals surface area contributed by atoms with Crippen LogP contribution in [0.3, 0.4) is 0 Å². The Morgan fingerprint density at radius 3 is 2.59 bits per heavy atom. The summed E-state index contributed by atoms with van der Waals surface area (Å²) in [4.78, 5) is 37.3. The number of nitro benzene ring substituents is 1. The van der Waals surface area contributed by atoms with Gasteiger partial charge in [-0.25, -0.2) is 4.79 Å². The van der Waals surface area contributed by atoms with E-state index in [9.17, 15) is 19.7 Å². The number of benzene rings is 2. The molecule has 1 aromatic heterocycles. The molecule has 0 aliphatic carbocycles.